The van der Waals surface area contributed by atoms with Crippen molar-refractivity contribution in [2.24, 2.45) is 0 Å². The number of aryl methyl sites for hydroxylation is 1. The molecule has 3 aromatic rings. The highest BCUT2D eigenvalue weighted by Gasteiger charge is 2.26. The van der Waals surface area contributed by atoms with Crippen LogP contribution in [0, 0.1) is 6.92 Å². The van der Waals surface area contributed by atoms with Gasteiger partial charge in [-0.05, 0) is 31.2 Å². The molecule has 4 rings (SSSR count). The van der Waals surface area contributed by atoms with Crippen LogP contribution in [0.25, 0.3) is 17.4 Å². The second-order valence-electron chi connectivity index (χ2n) is 7.57. The van der Waals surface area contributed by atoms with Gasteiger partial charge in [0.25, 0.3) is 0 Å². The van der Waals surface area contributed by atoms with Gasteiger partial charge in [0.05, 0.1) is 20.8 Å². The molecule has 4 heterocycles. The maximum Gasteiger partial charge on any atom is 0.331 e. The van der Waals surface area contributed by atoms with E-state index in [4.69, 9.17) is 27.7 Å². The summed E-state index contributed by atoms with van der Waals surface area (Å²) in [5, 5.41) is 4.32. The lowest BCUT2D eigenvalue weighted by atomic mass is 10.2. The minimum absolute atomic E-state index is 0.315. The van der Waals surface area contributed by atoms with Crippen molar-refractivity contribution in [2.45, 2.75) is 6.92 Å². The number of pyridine rings is 1. The van der Waals surface area contributed by atoms with Crippen molar-refractivity contribution >= 4 is 62.5 Å². The van der Waals surface area contributed by atoms with Crippen LogP contribution in [-0.2, 0) is 10.0 Å². The van der Waals surface area contributed by atoms with Crippen LogP contribution in [0.2, 0.25) is 9.36 Å². The fraction of sp³-hybridized carbons (Fsp3) is 0.286. The first-order valence-electron chi connectivity index (χ1n) is 10.3. The Bertz CT molecular complexity index is 1310. The van der Waals surface area contributed by atoms with E-state index in [1.54, 1.807) is 36.5 Å². The molecular formula is C21H21Cl2N5O4S2. The Hall–Kier alpha value is -2.60. The molecule has 1 fully saturated rings. The van der Waals surface area contributed by atoms with Crippen molar-refractivity contribution in [1.29, 1.82) is 0 Å². The minimum Gasteiger partial charge on any atom is -0.356 e. The summed E-state index contributed by atoms with van der Waals surface area (Å²) < 4.78 is 32.5. The second-order valence-corrected chi connectivity index (χ2v) is 11.5. The highest BCUT2D eigenvalue weighted by molar-refractivity contribution is 7.90. The first-order chi connectivity index (χ1) is 16.2. The number of thiophene rings is 1. The largest absolute Gasteiger partial charge is 0.356 e. The third-order valence-electron chi connectivity index (χ3n) is 5.04. The third-order valence-corrected chi connectivity index (χ3v) is 7.63. The minimum atomic E-state index is -3.81. The number of halogens is 2. The molecule has 1 aliphatic rings. The SMILES string of the molecule is Cc1cc(-c2cnc(N3CCN(C(=O)NS(=O)(=O)CC=Cc4ccc(Cl)s4)CC3)c(Cl)c2)on1. The van der Waals surface area contributed by atoms with Crippen molar-refractivity contribution in [3.05, 3.63) is 56.5 Å². The summed E-state index contributed by atoms with van der Waals surface area (Å²) in [5.41, 5.74) is 1.48. The monoisotopic (exact) mass is 541 g/mol. The molecule has 0 saturated carbocycles. The third kappa shape index (κ3) is 6.09. The average molecular weight is 542 g/mol. The van der Waals surface area contributed by atoms with Gasteiger partial charge in [0.15, 0.2) is 5.76 Å². The second kappa shape index (κ2) is 10.3. The number of carbonyl (C=O) groups is 1. The molecule has 9 nitrogen and oxygen atoms in total. The van der Waals surface area contributed by atoms with Crippen molar-refractivity contribution in [3.63, 3.8) is 0 Å². The number of amides is 2. The number of hydrogen-bond donors (Lipinski definition) is 1. The molecule has 0 bridgehead atoms. The van der Waals surface area contributed by atoms with Crippen LogP contribution < -0.4 is 9.62 Å². The molecule has 3 aromatic heterocycles. The zero-order valence-electron chi connectivity index (χ0n) is 18.1. The van der Waals surface area contributed by atoms with E-state index in [2.05, 4.69) is 14.9 Å². The predicted molar refractivity (Wildman–Crippen MR) is 134 cm³/mol. The molecule has 2 amide bonds. The fourth-order valence-corrected chi connectivity index (χ4v) is 5.47. The molecule has 0 unspecified atom stereocenters. The Morgan fingerprint density at radius 3 is 2.62 bits per heavy atom. The van der Waals surface area contributed by atoms with Gasteiger partial charge in [-0.3, -0.25) is 0 Å². The van der Waals surface area contributed by atoms with Gasteiger partial charge in [-0.15, -0.1) is 11.3 Å². The zero-order chi connectivity index (χ0) is 24.3. The molecule has 0 aromatic carbocycles. The predicted octanol–water partition coefficient (Wildman–Crippen LogP) is 4.29. The molecule has 0 aliphatic carbocycles. The summed E-state index contributed by atoms with van der Waals surface area (Å²) in [4.78, 5) is 21.2. The number of urea groups is 1. The van der Waals surface area contributed by atoms with E-state index in [0.717, 1.165) is 10.6 Å². The quantitative estimate of drug-likeness (QED) is 0.495. The number of carbonyl (C=O) groups excluding carboxylic acids is 1. The van der Waals surface area contributed by atoms with Crippen molar-refractivity contribution in [1.82, 2.24) is 19.8 Å². The van der Waals surface area contributed by atoms with Crippen LogP contribution >= 0.6 is 34.5 Å². The van der Waals surface area contributed by atoms with Gasteiger partial charge in [-0.1, -0.05) is 34.4 Å². The molecule has 1 saturated heterocycles. The van der Waals surface area contributed by atoms with Crippen molar-refractivity contribution in [3.8, 4) is 11.3 Å². The van der Waals surface area contributed by atoms with Gasteiger partial charge in [0.2, 0.25) is 10.0 Å². The van der Waals surface area contributed by atoms with E-state index in [1.807, 2.05) is 11.8 Å². The molecular weight excluding hydrogens is 521 g/mol. The smallest absolute Gasteiger partial charge is 0.331 e. The standard InChI is InChI=1S/C21H21Cl2N5O4S2/c1-14-11-18(32-25-14)15-12-17(22)20(24-13-15)27-6-8-28(9-7-27)21(29)26-34(30,31)10-2-3-16-4-5-19(23)33-16/h2-5,11-13H,6-10H2,1H3,(H,26,29). The van der Waals surface area contributed by atoms with E-state index in [1.165, 1.54) is 22.3 Å². The molecule has 0 atom stereocenters. The van der Waals surface area contributed by atoms with Crippen LogP contribution in [0.1, 0.15) is 10.6 Å². The number of piperazine rings is 1. The Balaban J connectivity index is 1.30. The summed E-state index contributed by atoms with van der Waals surface area (Å²) in [6, 6.07) is 6.43. The summed E-state index contributed by atoms with van der Waals surface area (Å²) in [6.45, 7) is 3.40. The lowest BCUT2D eigenvalue weighted by molar-refractivity contribution is 0.200. The highest BCUT2D eigenvalue weighted by atomic mass is 35.5. The van der Waals surface area contributed by atoms with Gasteiger partial charge < -0.3 is 14.3 Å². The normalized spacial score (nSPS) is 14.7. The van der Waals surface area contributed by atoms with Gasteiger partial charge in [-0.2, -0.15) is 0 Å². The summed E-state index contributed by atoms with van der Waals surface area (Å²) >= 11 is 13.6. The van der Waals surface area contributed by atoms with E-state index >= 15 is 0 Å². The number of aromatic nitrogens is 2. The molecule has 0 spiro atoms. The molecule has 1 aliphatic heterocycles. The Morgan fingerprint density at radius 1 is 1.24 bits per heavy atom. The van der Waals surface area contributed by atoms with Crippen LogP contribution in [0.5, 0.6) is 0 Å². The first-order valence-corrected chi connectivity index (χ1v) is 13.5. The van der Waals surface area contributed by atoms with Crippen LogP contribution in [-0.4, -0.2) is 61.4 Å². The highest BCUT2D eigenvalue weighted by Crippen LogP contribution is 2.30. The summed E-state index contributed by atoms with van der Waals surface area (Å²) in [6.07, 6.45) is 4.79. The van der Waals surface area contributed by atoms with Crippen LogP contribution in [0.15, 0.2) is 41.1 Å². The number of hydrogen-bond acceptors (Lipinski definition) is 8. The number of sulfonamides is 1. The van der Waals surface area contributed by atoms with E-state index in [0.29, 0.717) is 52.7 Å². The van der Waals surface area contributed by atoms with Gasteiger partial charge in [-0.25, -0.2) is 22.9 Å². The average Bonchev–Trinajstić information content (AvgIpc) is 3.41. The lowest BCUT2D eigenvalue weighted by Gasteiger charge is -2.35. The van der Waals surface area contributed by atoms with Crippen molar-refractivity contribution in [2.75, 3.05) is 36.8 Å². The maximum atomic E-state index is 12.5. The molecule has 34 heavy (non-hydrogen) atoms. The molecule has 180 valence electrons. The number of anilines is 1. The zero-order valence-corrected chi connectivity index (χ0v) is 21.2. The van der Waals surface area contributed by atoms with Crippen molar-refractivity contribution < 1.29 is 17.7 Å². The topological polar surface area (TPSA) is 109 Å². The molecule has 1 N–H and O–H groups in total. The Morgan fingerprint density at radius 2 is 2.00 bits per heavy atom. The number of rotatable bonds is 6. The molecule has 13 heteroatoms. The maximum absolute atomic E-state index is 12.5. The van der Waals surface area contributed by atoms with Crippen LogP contribution in [0.4, 0.5) is 10.6 Å². The Kier molecular flexibility index (Phi) is 7.46. The van der Waals surface area contributed by atoms with E-state index in [9.17, 15) is 13.2 Å². The fourth-order valence-electron chi connectivity index (χ4n) is 3.37. The van der Waals surface area contributed by atoms with E-state index in [-0.39, 0.29) is 5.75 Å². The number of nitrogens with one attached hydrogen (secondary N) is 1. The van der Waals surface area contributed by atoms with Gasteiger partial charge in [0, 0.05) is 48.9 Å². The Labute approximate surface area is 211 Å². The summed E-state index contributed by atoms with van der Waals surface area (Å²) in [7, 11) is -3.81. The lowest BCUT2D eigenvalue weighted by Crippen LogP contribution is -2.53. The summed E-state index contributed by atoms with van der Waals surface area (Å²) in [5.74, 6) is 0.855. The van der Waals surface area contributed by atoms with E-state index < -0.39 is 16.1 Å². The van der Waals surface area contributed by atoms with Gasteiger partial charge >= 0.3 is 6.03 Å². The molecule has 0 radical (unpaired) electrons. The van der Waals surface area contributed by atoms with Crippen LogP contribution in [0.3, 0.4) is 0 Å². The first kappa shape index (κ1) is 24.5. The number of nitrogens with zero attached hydrogens (tertiary/aromatic N) is 4. The van der Waals surface area contributed by atoms with Gasteiger partial charge in [0.1, 0.15) is 5.82 Å².